The lowest BCUT2D eigenvalue weighted by Crippen LogP contribution is -2.20. The largest absolute Gasteiger partial charge is 0.398 e. The number of hydrogen-bond donors (Lipinski definition) is 2. The second-order valence-corrected chi connectivity index (χ2v) is 6.92. The Bertz CT molecular complexity index is 1140. The summed E-state index contributed by atoms with van der Waals surface area (Å²) in [6.45, 7) is 1.58. The second-order valence-electron chi connectivity index (χ2n) is 6.92. The number of carbonyl (C=O) groups is 1. The highest BCUT2D eigenvalue weighted by Crippen LogP contribution is 2.16. The molecule has 8 nitrogen and oxygen atoms in total. The van der Waals surface area contributed by atoms with Crippen molar-refractivity contribution in [3.05, 3.63) is 88.2 Å². The van der Waals surface area contributed by atoms with E-state index < -0.39 is 0 Å². The first-order valence-electron chi connectivity index (χ1n) is 9.79. The normalized spacial score (nSPS) is 11.5. The van der Waals surface area contributed by atoms with Gasteiger partial charge in [0.05, 0.1) is 24.7 Å². The van der Waals surface area contributed by atoms with Crippen molar-refractivity contribution in [2.75, 3.05) is 20.8 Å². The summed E-state index contributed by atoms with van der Waals surface area (Å²) in [5.41, 5.74) is 9.53. The molecule has 0 atom stereocenters. The van der Waals surface area contributed by atoms with Crippen LogP contribution in [0.2, 0.25) is 0 Å². The highest BCUT2D eigenvalue weighted by atomic mass is 16.5. The molecule has 3 aromatic rings. The number of ketones is 1. The van der Waals surface area contributed by atoms with Crippen molar-refractivity contribution in [2.45, 2.75) is 13.1 Å². The van der Waals surface area contributed by atoms with E-state index in [4.69, 9.17) is 10.5 Å². The zero-order chi connectivity index (χ0) is 22.2. The number of allylic oxidation sites excluding steroid dienone is 1. The number of aromatic nitrogens is 3. The number of nitrogens with two attached hydrogens (primary N) is 1. The maximum Gasteiger partial charge on any atom is 0.250 e. The third-order valence-corrected chi connectivity index (χ3v) is 4.66. The Morgan fingerprint density at radius 3 is 2.68 bits per heavy atom. The number of benzene rings is 1. The molecule has 0 aliphatic rings. The highest BCUT2D eigenvalue weighted by molar-refractivity contribution is 6.07. The van der Waals surface area contributed by atoms with Crippen LogP contribution in [0, 0.1) is 0 Å². The predicted octanol–water partition coefficient (Wildman–Crippen LogP) is 1.85. The van der Waals surface area contributed by atoms with Gasteiger partial charge in [0.2, 0.25) is 5.78 Å². The number of methoxy groups -OCH3 is 1. The Labute approximate surface area is 180 Å². The number of hydrogen-bond acceptors (Lipinski definition) is 7. The summed E-state index contributed by atoms with van der Waals surface area (Å²) in [6.07, 6.45) is 5.97. The molecule has 3 rings (SSSR count). The maximum absolute atomic E-state index is 12.7. The van der Waals surface area contributed by atoms with Crippen LogP contribution in [0.4, 0.5) is 0 Å². The Morgan fingerprint density at radius 1 is 1.19 bits per heavy atom. The van der Waals surface area contributed by atoms with Crippen molar-refractivity contribution in [3.63, 3.8) is 0 Å². The van der Waals surface area contributed by atoms with Gasteiger partial charge in [0, 0.05) is 49.8 Å². The topological polar surface area (TPSA) is 112 Å². The van der Waals surface area contributed by atoms with Crippen molar-refractivity contribution in [3.8, 4) is 11.3 Å². The third-order valence-electron chi connectivity index (χ3n) is 4.66. The summed E-state index contributed by atoms with van der Waals surface area (Å²) in [6, 6.07) is 10.8. The van der Waals surface area contributed by atoms with Crippen LogP contribution < -0.4 is 16.6 Å². The van der Waals surface area contributed by atoms with E-state index in [1.165, 1.54) is 22.9 Å². The fraction of sp³-hybridized carbons (Fsp3) is 0.217. The van der Waals surface area contributed by atoms with Crippen molar-refractivity contribution >= 4 is 11.5 Å². The standard InChI is InChI=1S/C23H25N5O3/c1-25-12-16-3-5-17(6-4-16)19(24)11-22(29)21-14-26-13-20(27-21)18-7-8-23(30)28(15-18)9-10-31-2/h3-8,11,13-15,25H,9-10,12,24H2,1-2H3. The molecule has 2 aromatic heterocycles. The molecule has 0 bridgehead atoms. The Balaban J connectivity index is 1.83. The third kappa shape index (κ3) is 5.71. The molecule has 0 aliphatic heterocycles. The zero-order valence-electron chi connectivity index (χ0n) is 17.5. The molecule has 0 saturated carbocycles. The number of nitrogens with zero attached hydrogens (tertiary/aromatic N) is 3. The fourth-order valence-corrected chi connectivity index (χ4v) is 2.99. The van der Waals surface area contributed by atoms with Gasteiger partial charge >= 0.3 is 0 Å². The van der Waals surface area contributed by atoms with E-state index in [2.05, 4.69) is 15.3 Å². The molecule has 3 N–H and O–H groups in total. The molecule has 0 fully saturated rings. The van der Waals surface area contributed by atoms with Crippen LogP contribution in [0.3, 0.4) is 0 Å². The summed E-state index contributed by atoms with van der Waals surface area (Å²) in [4.78, 5) is 33.2. The van der Waals surface area contributed by atoms with Crippen LogP contribution in [0.25, 0.3) is 17.0 Å². The summed E-state index contributed by atoms with van der Waals surface area (Å²) in [7, 11) is 3.45. The summed E-state index contributed by atoms with van der Waals surface area (Å²) in [5.74, 6) is -0.348. The van der Waals surface area contributed by atoms with Crippen LogP contribution in [0.1, 0.15) is 21.6 Å². The van der Waals surface area contributed by atoms with Crippen molar-refractivity contribution in [1.82, 2.24) is 19.9 Å². The number of ether oxygens (including phenoxy) is 1. The molecule has 8 heteroatoms. The Morgan fingerprint density at radius 2 is 1.97 bits per heavy atom. The lowest BCUT2D eigenvalue weighted by Gasteiger charge is -2.08. The maximum atomic E-state index is 12.7. The summed E-state index contributed by atoms with van der Waals surface area (Å²) in [5, 5.41) is 3.08. The average molecular weight is 419 g/mol. The Hall–Kier alpha value is -3.62. The van der Waals surface area contributed by atoms with Crippen molar-refractivity contribution < 1.29 is 9.53 Å². The first kappa shape index (κ1) is 22.1. The molecule has 0 radical (unpaired) electrons. The number of rotatable bonds is 9. The minimum atomic E-state index is -0.348. The number of nitrogens with one attached hydrogen (secondary N) is 1. The van der Waals surface area contributed by atoms with Gasteiger partial charge < -0.3 is 20.4 Å². The monoisotopic (exact) mass is 419 g/mol. The smallest absolute Gasteiger partial charge is 0.250 e. The summed E-state index contributed by atoms with van der Waals surface area (Å²) < 4.78 is 6.57. The van der Waals surface area contributed by atoms with E-state index in [9.17, 15) is 9.59 Å². The van der Waals surface area contributed by atoms with Crippen molar-refractivity contribution in [1.29, 1.82) is 0 Å². The second kappa shape index (κ2) is 10.4. The molecule has 0 spiro atoms. The Kier molecular flexibility index (Phi) is 7.42. The molecule has 0 saturated heterocycles. The van der Waals surface area contributed by atoms with E-state index in [0.29, 0.717) is 30.1 Å². The van der Waals surface area contributed by atoms with Gasteiger partial charge in [0.15, 0.2) is 0 Å². The molecule has 0 unspecified atom stereocenters. The van der Waals surface area contributed by atoms with Crippen LogP contribution in [-0.2, 0) is 17.8 Å². The van der Waals surface area contributed by atoms with E-state index in [0.717, 1.165) is 17.7 Å². The van der Waals surface area contributed by atoms with Gasteiger partial charge in [0.1, 0.15) is 5.69 Å². The SMILES string of the molecule is CNCc1ccc(C(N)=CC(=O)c2cncc(-c3ccc(=O)n(CCOC)c3)n2)cc1. The number of pyridine rings is 1. The van der Waals surface area contributed by atoms with Crippen molar-refractivity contribution in [2.24, 2.45) is 5.73 Å². The van der Waals surface area contributed by atoms with E-state index >= 15 is 0 Å². The van der Waals surface area contributed by atoms with Gasteiger partial charge in [-0.15, -0.1) is 0 Å². The van der Waals surface area contributed by atoms with Crippen LogP contribution >= 0.6 is 0 Å². The zero-order valence-corrected chi connectivity index (χ0v) is 17.5. The van der Waals surface area contributed by atoms with Crippen LogP contribution in [0.5, 0.6) is 0 Å². The first-order chi connectivity index (χ1) is 15.0. The summed E-state index contributed by atoms with van der Waals surface area (Å²) >= 11 is 0. The predicted molar refractivity (Wildman–Crippen MR) is 119 cm³/mol. The van der Waals surface area contributed by atoms with Crippen LogP contribution in [0.15, 0.2) is 65.9 Å². The minimum absolute atomic E-state index is 0.141. The molecule has 31 heavy (non-hydrogen) atoms. The van der Waals surface area contributed by atoms with Gasteiger partial charge in [0.25, 0.3) is 5.56 Å². The van der Waals surface area contributed by atoms with Gasteiger partial charge in [-0.1, -0.05) is 24.3 Å². The lowest BCUT2D eigenvalue weighted by molar-refractivity contribution is 0.104. The van der Waals surface area contributed by atoms with Gasteiger partial charge in [-0.25, -0.2) is 4.98 Å². The molecular weight excluding hydrogens is 394 g/mol. The van der Waals surface area contributed by atoms with E-state index in [-0.39, 0.29) is 17.0 Å². The number of carbonyl (C=O) groups excluding carboxylic acids is 1. The van der Waals surface area contributed by atoms with E-state index in [1.807, 2.05) is 31.3 Å². The van der Waals surface area contributed by atoms with Gasteiger partial charge in [-0.05, 0) is 24.2 Å². The molecule has 1 aromatic carbocycles. The molecule has 2 heterocycles. The molecule has 0 aliphatic carbocycles. The minimum Gasteiger partial charge on any atom is -0.398 e. The highest BCUT2D eigenvalue weighted by Gasteiger charge is 2.10. The molecule has 0 amide bonds. The van der Waals surface area contributed by atoms with E-state index in [1.54, 1.807) is 25.6 Å². The van der Waals surface area contributed by atoms with Crippen LogP contribution in [-0.4, -0.2) is 41.1 Å². The fourth-order valence-electron chi connectivity index (χ4n) is 2.99. The average Bonchev–Trinajstić information content (AvgIpc) is 2.79. The van der Waals surface area contributed by atoms with Gasteiger partial charge in [-0.2, -0.15) is 0 Å². The quantitative estimate of drug-likeness (QED) is 0.402. The molecular formula is C23H25N5O3. The lowest BCUT2D eigenvalue weighted by atomic mass is 10.1. The molecule has 160 valence electrons. The van der Waals surface area contributed by atoms with Gasteiger partial charge in [-0.3, -0.25) is 14.6 Å². The first-order valence-corrected chi connectivity index (χ1v) is 9.79.